The number of unbranched alkanes of at least 4 members (excludes halogenated alkanes) is 1. The summed E-state index contributed by atoms with van der Waals surface area (Å²) in [5.74, 6) is 5.59. The van der Waals surface area contributed by atoms with Gasteiger partial charge in [-0.05, 0) is 117 Å². The van der Waals surface area contributed by atoms with Gasteiger partial charge in [-0.15, -0.1) is 0 Å². The Hall–Kier alpha value is -0.0400. The first-order chi connectivity index (χ1) is 13.7. The van der Waals surface area contributed by atoms with Crippen LogP contribution in [0.3, 0.4) is 0 Å². The van der Waals surface area contributed by atoms with E-state index < -0.39 is 0 Å². The Morgan fingerprint density at radius 3 is 2.34 bits per heavy atom. The summed E-state index contributed by atoms with van der Waals surface area (Å²) < 4.78 is 0. The molecule has 29 heavy (non-hydrogen) atoms. The van der Waals surface area contributed by atoms with E-state index in [0.717, 1.165) is 54.8 Å². The molecule has 8 atom stereocenters. The Morgan fingerprint density at radius 1 is 0.862 bits per heavy atom. The first kappa shape index (κ1) is 22.2. The third-order valence-electron chi connectivity index (χ3n) is 11.3. The van der Waals surface area contributed by atoms with Crippen molar-refractivity contribution in [2.75, 3.05) is 0 Å². The molecule has 0 aromatic rings. The van der Waals surface area contributed by atoms with Crippen molar-refractivity contribution in [3.8, 4) is 0 Å². The van der Waals surface area contributed by atoms with Crippen molar-refractivity contribution in [3.05, 3.63) is 0 Å². The molecule has 0 aromatic heterocycles. The third-order valence-corrected chi connectivity index (χ3v) is 11.3. The molecule has 1 N–H and O–H groups in total. The zero-order chi connectivity index (χ0) is 20.9. The lowest BCUT2D eigenvalue weighted by Gasteiger charge is -2.62. The second kappa shape index (κ2) is 8.14. The van der Waals surface area contributed by atoms with E-state index in [1.165, 1.54) is 70.6 Å². The SMILES string of the molecule is CC[C@]1(O)CCC2(C)C3CCC4(C)C(CCCCC(C)C)CCC4C3CC[C@H]2C1. The minimum Gasteiger partial charge on any atom is -0.390 e. The van der Waals surface area contributed by atoms with E-state index in [2.05, 4.69) is 34.6 Å². The molecule has 0 bridgehead atoms. The van der Waals surface area contributed by atoms with Crippen molar-refractivity contribution in [2.45, 2.75) is 130 Å². The predicted octanol–water partition coefficient (Wildman–Crippen LogP) is 8.00. The number of aliphatic hydroxyl groups is 1. The Kier molecular flexibility index (Phi) is 6.22. The molecule has 4 aliphatic rings. The van der Waals surface area contributed by atoms with E-state index in [9.17, 15) is 5.11 Å². The topological polar surface area (TPSA) is 20.2 Å². The van der Waals surface area contributed by atoms with Gasteiger partial charge < -0.3 is 5.11 Å². The Balaban J connectivity index is 1.43. The lowest BCUT2D eigenvalue weighted by Crippen LogP contribution is -2.55. The van der Waals surface area contributed by atoms with Crippen molar-refractivity contribution >= 4 is 0 Å². The summed E-state index contributed by atoms with van der Waals surface area (Å²) in [5, 5.41) is 11.0. The maximum Gasteiger partial charge on any atom is 0.0648 e. The quantitative estimate of drug-likeness (QED) is 0.446. The molecule has 4 aliphatic carbocycles. The highest BCUT2D eigenvalue weighted by atomic mass is 16.3. The van der Waals surface area contributed by atoms with Crippen LogP contribution in [0.25, 0.3) is 0 Å². The normalized spacial score (nSPS) is 49.6. The van der Waals surface area contributed by atoms with E-state index in [0.29, 0.717) is 10.8 Å². The first-order valence-corrected chi connectivity index (χ1v) is 13.4. The fraction of sp³-hybridized carbons (Fsp3) is 1.00. The molecule has 4 fully saturated rings. The van der Waals surface area contributed by atoms with Gasteiger partial charge in [0.1, 0.15) is 0 Å². The van der Waals surface area contributed by atoms with Gasteiger partial charge in [0.2, 0.25) is 0 Å². The molecule has 168 valence electrons. The van der Waals surface area contributed by atoms with Crippen molar-refractivity contribution < 1.29 is 5.11 Å². The lowest BCUT2D eigenvalue weighted by molar-refractivity contribution is -0.151. The fourth-order valence-electron chi connectivity index (χ4n) is 9.17. The van der Waals surface area contributed by atoms with Crippen molar-refractivity contribution in [2.24, 2.45) is 46.3 Å². The monoisotopic (exact) mass is 402 g/mol. The van der Waals surface area contributed by atoms with Gasteiger partial charge in [-0.1, -0.05) is 53.9 Å². The zero-order valence-corrected chi connectivity index (χ0v) is 20.3. The standard InChI is InChI=1S/C28H50O/c1-6-28(29)18-17-27(5)22(19-28)11-13-23-24-14-12-21(10-8-7-9-20(2)3)26(24,4)16-15-25(23)27/h20-25,29H,6-19H2,1-5H3/t21?,22-,23?,24?,25?,26?,27?,28-/m0/s1. The second-order valence-corrected chi connectivity index (χ2v) is 12.9. The van der Waals surface area contributed by atoms with Gasteiger partial charge in [0.25, 0.3) is 0 Å². The minimum absolute atomic E-state index is 0.353. The summed E-state index contributed by atoms with van der Waals surface area (Å²) in [6.07, 6.45) is 19.1. The molecule has 0 heterocycles. The molecule has 4 saturated carbocycles. The number of hydrogen-bond donors (Lipinski definition) is 1. The van der Waals surface area contributed by atoms with Crippen molar-refractivity contribution in [1.82, 2.24) is 0 Å². The molecule has 0 aromatic carbocycles. The van der Waals surface area contributed by atoms with Crippen LogP contribution < -0.4 is 0 Å². The van der Waals surface area contributed by atoms with Crippen LogP contribution in [0.2, 0.25) is 0 Å². The molecule has 1 nitrogen and oxygen atoms in total. The predicted molar refractivity (Wildman–Crippen MR) is 124 cm³/mol. The highest BCUT2D eigenvalue weighted by molar-refractivity contribution is 5.10. The number of hydrogen-bond acceptors (Lipinski definition) is 1. The van der Waals surface area contributed by atoms with Crippen LogP contribution in [-0.4, -0.2) is 10.7 Å². The van der Waals surface area contributed by atoms with E-state index in [1.807, 2.05) is 0 Å². The maximum atomic E-state index is 11.0. The molecule has 4 rings (SSSR count). The average Bonchev–Trinajstić information content (AvgIpc) is 3.02. The molecule has 0 radical (unpaired) electrons. The summed E-state index contributed by atoms with van der Waals surface area (Å²) >= 11 is 0. The summed E-state index contributed by atoms with van der Waals surface area (Å²) in [4.78, 5) is 0. The van der Waals surface area contributed by atoms with Crippen LogP contribution in [-0.2, 0) is 0 Å². The van der Waals surface area contributed by atoms with Gasteiger partial charge in [-0.25, -0.2) is 0 Å². The summed E-state index contributed by atoms with van der Waals surface area (Å²) in [5.41, 5.74) is 0.802. The highest BCUT2D eigenvalue weighted by Gasteiger charge is 2.60. The Morgan fingerprint density at radius 2 is 1.62 bits per heavy atom. The van der Waals surface area contributed by atoms with Gasteiger partial charge in [0, 0.05) is 0 Å². The van der Waals surface area contributed by atoms with Gasteiger partial charge in [-0.3, -0.25) is 0 Å². The molecule has 0 spiro atoms. The number of fused-ring (bicyclic) bond motifs is 5. The lowest BCUT2D eigenvalue weighted by atomic mass is 9.43. The molecular weight excluding hydrogens is 352 g/mol. The van der Waals surface area contributed by atoms with Crippen LogP contribution >= 0.6 is 0 Å². The number of rotatable bonds is 6. The van der Waals surface area contributed by atoms with E-state index in [-0.39, 0.29) is 5.60 Å². The Labute approximate surface area is 181 Å². The van der Waals surface area contributed by atoms with E-state index in [4.69, 9.17) is 0 Å². The average molecular weight is 403 g/mol. The fourth-order valence-corrected chi connectivity index (χ4v) is 9.17. The van der Waals surface area contributed by atoms with Gasteiger partial charge in [0.15, 0.2) is 0 Å². The first-order valence-electron chi connectivity index (χ1n) is 13.4. The zero-order valence-electron chi connectivity index (χ0n) is 20.3. The second-order valence-electron chi connectivity index (χ2n) is 12.9. The van der Waals surface area contributed by atoms with Crippen LogP contribution in [0, 0.1) is 46.3 Å². The molecule has 1 heteroatoms. The Bertz CT molecular complexity index is 569. The minimum atomic E-state index is -0.353. The van der Waals surface area contributed by atoms with Crippen LogP contribution in [0.1, 0.15) is 125 Å². The maximum absolute atomic E-state index is 11.0. The smallest absolute Gasteiger partial charge is 0.0648 e. The van der Waals surface area contributed by atoms with Gasteiger partial charge in [0.05, 0.1) is 5.60 Å². The summed E-state index contributed by atoms with van der Waals surface area (Å²) in [6, 6.07) is 0. The highest BCUT2D eigenvalue weighted by Crippen LogP contribution is 2.68. The summed E-state index contributed by atoms with van der Waals surface area (Å²) in [7, 11) is 0. The van der Waals surface area contributed by atoms with E-state index >= 15 is 0 Å². The van der Waals surface area contributed by atoms with E-state index in [1.54, 1.807) is 0 Å². The van der Waals surface area contributed by atoms with Crippen LogP contribution in [0.15, 0.2) is 0 Å². The largest absolute Gasteiger partial charge is 0.390 e. The summed E-state index contributed by atoms with van der Waals surface area (Å²) in [6.45, 7) is 12.3. The third kappa shape index (κ3) is 3.85. The van der Waals surface area contributed by atoms with Crippen LogP contribution in [0.5, 0.6) is 0 Å². The van der Waals surface area contributed by atoms with Crippen LogP contribution in [0.4, 0.5) is 0 Å². The van der Waals surface area contributed by atoms with Gasteiger partial charge >= 0.3 is 0 Å². The molecular formula is C28H50O. The van der Waals surface area contributed by atoms with Gasteiger partial charge in [-0.2, -0.15) is 0 Å². The molecule has 6 unspecified atom stereocenters. The molecule has 0 aliphatic heterocycles. The van der Waals surface area contributed by atoms with Crippen molar-refractivity contribution in [1.29, 1.82) is 0 Å². The van der Waals surface area contributed by atoms with Crippen molar-refractivity contribution in [3.63, 3.8) is 0 Å². The molecule has 0 amide bonds. The molecule has 0 saturated heterocycles.